The van der Waals surface area contributed by atoms with Crippen molar-refractivity contribution in [1.82, 2.24) is 4.90 Å². The van der Waals surface area contributed by atoms with Crippen LogP contribution in [-0.4, -0.2) is 36.1 Å². The standard InChI is InChI=1S/C21H25FN2O2/c1-14-8-9-17(10-19(14)22)21(25)23-20-7-5-4-6-18(20)13-24-11-15(2)26-16(3)12-24/h4-10,15-16H,11-13H2,1-3H3,(H,23,25). The Hall–Kier alpha value is -2.24. The van der Waals surface area contributed by atoms with Crippen LogP contribution >= 0.6 is 0 Å². The number of carbonyl (C=O) groups is 1. The second-order valence-corrected chi connectivity index (χ2v) is 7.03. The Morgan fingerprint density at radius 2 is 1.88 bits per heavy atom. The van der Waals surface area contributed by atoms with E-state index in [1.807, 2.05) is 24.3 Å². The highest BCUT2D eigenvalue weighted by Gasteiger charge is 2.23. The van der Waals surface area contributed by atoms with Crippen LogP contribution in [0, 0.1) is 12.7 Å². The van der Waals surface area contributed by atoms with Gasteiger partial charge in [0.25, 0.3) is 5.91 Å². The van der Waals surface area contributed by atoms with E-state index in [4.69, 9.17) is 4.74 Å². The van der Waals surface area contributed by atoms with E-state index in [-0.39, 0.29) is 23.9 Å². The monoisotopic (exact) mass is 356 g/mol. The molecule has 1 fully saturated rings. The van der Waals surface area contributed by atoms with E-state index >= 15 is 0 Å². The number of hydrogen-bond donors (Lipinski definition) is 1. The topological polar surface area (TPSA) is 41.6 Å². The third kappa shape index (κ3) is 4.48. The normalized spacial score (nSPS) is 20.8. The molecule has 2 unspecified atom stereocenters. The predicted octanol–water partition coefficient (Wildman–Crippen LogP) is 4.00. The molecule has 0 aromatic heterocycles. The number of morpholine rings is 1. The summed E-state index contributed by atoms with van der Waals surface area (Å²) in [5, 5.41) is 2.92. The molecule has 0 bridgehead atoms. The maximum atomic E-state index is 13.7. The molecule has 1 heterocycles. The molecule has 3 rings (SSSR count). The lowest BCUT2D eigenvalue weighted by Gasteiger charge is -2.35. The van der Waals surface area contributed by atoms with Crippen molar-refractivity contribution in [3.63, 3.8) is 0 Å². The molecule has 26 heavy (non-hydrogen) atoms. The minimum absolute atomic E-state index is 0.191. The Morgan fingerprint density at radius 1 is 1.19 bits per heavy atom. The second kappa shape index (κ2) is 7.98. The van der Waals surface area contributed by atoms with Gasteiger partial charge in [-0.25, -0.2) is 4.39 Å². The Morgan fingerprint density at radius 3 is 2.58 bits per heavy atom. The van der Waals surface area contributed by atoms with Gasteiger partial charge in [0.05, 0.1) is 12.2 Å². The molecule has 138 valence electrons. The zero-order chi connectivity index (χ0) is 18.7. The average Bonchev–Trinajstić information content (AvgIpc) is 2.58. The Bertz CT molecular complexity index is 783. The lowest BCUT2D eigenvalue weighted by molar-refractivity contribution is -0.0704. The molecule has 1 saturated heterocycles. The van der Waals surface area contributed by atoms with Crippen molar-refractivity contribution in [2.75, 3.05) is 18.4 Å². The van der Waals surface area contributed by atoms with E-state index in [0.717, 1.165) is 30.9 Å². The third-order valence-corrected chi connectivity index (χ3v) is 4.59. The summed E-state index contributed by atoms with van der Waals surface area (Å²) in [5.74, 6) is -0.678. The molecule has 0 spiro atoms. The van der Waals surface area contributed by atoms with Gasteiger partial charge in [0.15, 0.2) is 0 Å². The summed E-state index contributed by atoms with van der Waals surface area (Å²) in [5.41, 5.74) is 2.63. The molecule has 0 saturated carbocycles. The smallest absolute Gasteiger partial charge is 0.255 e. The van der Waals surface area contributed by atoms with E-state index in [0.29, 0.717) is 11.1 Å². The summed E-state index contributed by atoms with van der Waals surface area (Å²) < 4.78 is 19.5. The van der Waals surface area contributed by atoms with Crippen molar-refractivity contribution < 1.29 is 13.9 Å². The van der Waals surface area contributed by atoms with Gasteiger partial charge in [0.1, 0.15) is 5.82 Å². The Balaban J connectivity index is 1.74. The van der Waals surface area contributed by atoms with Crippen LogP contribution in [0.4, 0.5) is 10.1 Å². The molecule has 1 aliphatic heterocycles. The molecule has 2 aromatic carbocycles. The first-order valence-corrected chi connectivity index (χ1v) is 8.95. The van der Waals surface area contributed by atoms with Crippen molar-refractivity contribution >= 4 is 11.6 Å². The first kappa shape index (κ1) is 18.5. The van der Waals surface area contributed by atoms with Gasteiger partial charge in [-0.05, 0) is 50.1 Å². The lowest BCUT2D eigenvalue weighted by atomic mass is 10.1. The predicted molar refractivity (Wildman–Crippen MR) is 101 cm³/mol. The molecule has 0 radical (unpaired) electrons. The summed E-state index contributed by atoms with van der Waals surface area (Å²) in [6.07, 6.45) is 0.382. The summed E-state index contributed by atoms with van der Waals surface area (Å²) in [7, 11) is 0. The fourth-order valence-corrected chi connectivity index (χ4v) is 3.36. The SMILES string of the molecule is Cc1ccc(C(=O)Nc2ccccc2CN2CC(C)OC(C)C2)cc1F. The van der Waals surface area contributed by atoms with Crippen LogP contribution in [0.15, 0.2) is 42.5 Å². The van der Waals surface area contributed by atoms with Gasteiger partial charge in [-0.2, -0.15) is 0 Å². The Labute approximate surface area is 154 Å². The van der Waals surface area contributed by atoms with Crippen molar-refractivity contribution in [2.24, 2.45) is 0 Å². The Kier molecular flexibility index (Phi) is 5.69. The highest BCUT2D eigenvalue weighted by molar-refractivity contribution is 6.04. The summed E-state index contributed by atoms with van der Waals surface area (Å²) in [6, 6.07) is 12.3. The van der Waals surface area contributed by atoms with Crippen LogP contribution < -0.4 is 5.32 Å². The zero-order valence-electron chi connectivity index (χ0n) is 15.5. The summed E-state index contributed by atoms with van der Waals surface area (Å²) in [6.45, 7) is 8.27. The van der Waals surface area contributed by atoms with Crippen molar-refractivity contribution in [3.05, 3.63) is 65.0 Å². The number of aryl methyl sites for hydroxylation is 1. The largest absolute Gasteiger partial charge is 0.373 e. The molecule has 2 atom stereocenters. The van der Waals surface area contributed by atoms with Gasteiger partial charge >= 0.3 is 0 Å². The minimum Gasteiger partial charge on any atom is -0.373 e. The van der Waals surface area contributed by atoms with Crippen LogP contribution in [-0.2, 0) is 11.3 Å². The highest BCUT2D eigenvalue weighted by Crippen LogP contribution is 2.21. The van der Waals surface area contributed by atoms with Crippen LogP contribution in [0.3, 0.4) is 0 Å². The highest BCUT2D eigenvalue weighted by atomic mass is 19.1. The van der Waals surface area contributed by atoms with Crippen LogP contribution in [0.25, 0.3) is 0 Å². The fraction of sp³-hybridized carbons (Fsp3) is 0.381. The van der Waals surface area contributed by atoms with Crippen molar-refractivity contribution in [3.8, 4) is 0 Å². The summed E-state index contributed by atoms with van der Waals surface area (Å²) >= 11 is 0. The number of rotatable bonds is 4. The number of nitrogens with one attached hydrogen (secondary N) is 1. The number of anilines is 1. The molecule has 1 N–H and O–H groups in total. The van der Waals surface area contributed by atoms with Crippen LogP contribution in [0.1, 0.15) is 35.3 Å². The van der Waals surface area contributed by atoms with Crippen molar-refractivity contribution in [1.29, 1.82) is 0 Å². The molecule has 5 heteroatoms. The number of benzene rings is 2. The number of amides is 1. The van der Waals surface area contributed by atoms with E-state index in [1.54, 1.807) is 19.1 Å². The number of nitrogens with zero attached hydrogens (tertiary/aromatic N) is 1. The first-order chi connectivity index (χ1) is 12.4. The van der Waals surface area contributed by atoms with E-state index in [2.05, 4.69) is 24.1 Å². The zero-order valence-corrected chi connectivity index (χ0v) is 15.5. The molecule has 1 amide bonds. The van der Waals surface area contributed by atoms with E-state index < -0.39 is 0 Å². The molecular weight excluding hydrogens is 331 g/mol. The first-order valence-electron chi connectivity index (χ1n) is 8.95. The van der Waals surface area contributed by atoms with E-state index in [1.165, 1.54) is 6.07 Å². The minimum atomic E-state index is -0.373. The molecule has 0 aliphatic carbocycles. The molecule has 2 aromatic rings. The van der Waals surface area contributed by atoms with Gasteiger partial charge in [-0.1, -0.05) is 24.3 Å². The lowest BCUT2D eigenvalue weighted by Crippen LogP contribution is -2.44. The van der Waals surface area contributed by atoms with Gasteiger partial charge in [-0.15, -0.1) is 0 Å². The number of hydrogen-bond acceptors (Lipinski definition) is 3. The van der Waals surface area contributed by atoms with E-state index in [9.17, 15) is 9.18 Å². The maximum Gasteiger partial charge on any atom is 0.255 e. The van der Waals surface area contributed by atoms with Crippen LogP contribution in [0.2, 0.25) is 0 Å². The number of para-hydroxylation sites is 1. The molecular formula is C21H25FN2O2. The second-order valence-electron chi connectivity index (χ2n) is 7.03. The maximum absolute atomic E-state index is 13.7. The average molecular weight is 356 g/mol. The van der Waals surface area contributed by atoms with Crippen molar-refractivity contribution in [2.45, 2.75) is 39.5 Å². The van der Waals surface area contributed by atoms with Gasteiger partial charge < -0.3 is 10.1 Å². The van der Waals surface area contributed by atoms with Gasteiger partial charge in [-0.3, -0.25) is 9.69 Å². The van der Waals surface area contributed by atoms with Gasteiger partial charge in [0.2, 0.25) is 0 Å². The molecule has 1 aliphatic rings. The van der Waals surface area contributed by atoms with Crippen LogP contribution in [0.5, 0.6) is 0 Å². The summed E-state index contributed by atoms with van der Waals surface area (Å²) in [4.78, 5) is 14.8. The third-order valence-electron chi connectivity index (χ3n) is 4.59. The number of carbonyl (C=O) groups excluding carboxylic acids is 1. The quantitative estimate of drug-likeness (QED) is 0.900. The molecule has 4 nitrogen and oxygen atoms in total. The number of ether oxygens (including phenoxy) is 1. The fourth-order valence-electron chi connectivity index (χ4n) is 3.36. The van der Waals surface area contributed by atoms with Gasteiger partial charge in [0, 0.05) is 30.9 Å². The number of halogens is 1.